The van der Waals surface area contributed by atoms with Crippen molar-refractivity contribution in [2.75, 3.05) is 32.4 Å². The average molecular weight is 293 g/mol. The molecule has 0 atom stereocenters. The van der Waals surface area contributed by atoms with Crippen LogP contribution in [0.4, 0.5) is 10.1 Å². The van der Waals surface area contributed by atoms with Crippen LogP contribution in [0.1, 0.15) is 35.2 Å². The molecule has 1 saturated heterocycles. The number of carbonyl (C=O) groups is 1. The highest BCUT2D eigenvalue weighted by molar-refractivity contribution is 5.95. The predicted molar refractivity (Wildman–Crippen MR) is 82.7 cm³/mol. The van der Waals surface area contributed by atoms with E-state index in [1.807, 2.05) is 0 Å². The van der Waals surface area contributed by atoms with E-state index in [1.165, 1.54) is 25.0 Å². The molecular weight excluding hydrogens is 269 g/mol. The van der Waals surface area contributed by atoms with Crippen LogP contribution in [0.2, 0.25) is 0 Å². The largest absolute Gasteiger partial charge is 0.398 e. The van der Waals surface area contributed by atoms with Crippen molar-refractivity contribution in [3.8, 4) is 0 Å². The zero-order valence-corrected chi connectivity index (χ0v) is 12.8. The van der Waals surface area contributed by atoms with Crippen LogP contribution in [0, 0.1) is 18.7 Å². The Morgan fingerprint density at radius 1 is 1.43 bits per heavy atom. The molecule has 0 aromatic heterocycles. The zero-order chi connectivity index (χ0) is 15.4. The summed E-state index contributed by atoms with van der Waals surface area (Å²) < 4.78 is 13.6. The van der Waals surface area contributed by atoms with Gasteiger partial charge in [-0.15, -0.1) is 0 Å². The predicted octanol–water partition coefficient (Wildman–Crippen LogP) is 2.18. The molecule has 0 radical (unpaired) electrons. The second-order valence-corrected chi connectivity index (χ2v) is 5.96. The first-order valence-corrected chi connectivity index (χ1v) is 7.49. The lowest BCUT2D eigenvalue weighted by Crippen LogP contribution is -2.32. The molecule has 0 unspecified atom stereocenters. The number of nitrogen functional groups attached to an aromatic ring is 1. The van der Waals surface area contributed by atoms with Gasteiger partial charge in [-0.1, -0.05) is 0 Å². The Morgan fingerprint density at radius 2 is 2.10 bits per heavy atom. The molecule has 3 N–H and O–H groups in total. The van der Waals surface area contributed by atoms with E-state index in [4.69, 9.17) is 5.73 Å². The van der Waals surface area contributed by atoms with Crippen molar-refractivity contribution in [1.82, 2.24) is 10.2 Å². The van der Waals surface area contributed by atoms with Crippen LogP contribution in [0.5, 0.6) is 0 Å². The molecule has 1 aromatic rings. The molecular formula is C16H24FN3O. The minimum Gasteiger partial charge on any atom is -0.398 e. The Kier molecular flexibility index (Phi) is 5.17. The first kappa shape index (κ1) is 15.8. The van der Waals surface area contributed by atoms with Gasteiger partial charge in [-0.25, -0.2) is 4.39 Å². The molecule has 1 aliphatic rings. The number of benzene rings is 1. The first-order chi connectivity index (χ1) is 9.97. The lowest BCUT2D eigenvalue weighted by atomic mass is 9.94. The van der Waals surface area contributed by atoms with E-state index in [0.717, 1.165) is 19.5 Å². The zero-order valence-electron chi connectivity index (χ0n) is 12.8. The lowest BCUT2D eigenvalue weighted by Gasteiger charge is -2.28. The Labute approximate surface area is 125 Å². The molecule has 4 nitrogen and oxygen atoms in total. The number of anilines is 1. The molecule has 1 heterocycles. The molecule has 0 aliphatic carbocycles. The molecule has 116 valence electrons. The number of likely N-dealkylation sites (tertiary alicyclic amines) is 1. The molecule has 1 aromatic carbocycles. The van der Waals surface area contributed by atoms with Gasteiger partial charge < -0.3 is 16.0 Å². The molecule has 21 heavy (non-hydrogen) atoms. The van der Waals surface area contributed by atoms with E-state index in [9.17, 15) is 9.18 Å². The van der Waals surface area contributed by atoms with Crippen molar-refractivity contribution in [3.63, 3.8) is 0 Å². The Hall–Kier alpha value is -1.62. The number of hydrogen-bond acceptors (Lipinski definition) is 3. The molecule has 1 aliphatic heterocycles. The van der Waals surface area contributed by atoms with Gasteiger partial charge in [0, 0.05) is 23.4 Å². The van der Waals surface area contributed by atoms with Gasteiger partial charge in [-0.3, -0.25) is 4.79 Å². The summed E-state index contributed by atoms with van der Waals surface area (Å²) in [5, 5.41) is 2.86. The van der Waals surface area contributed by atoms with Gasteiger partial charge in [-0.05, 0) is 64.4 Å². The highest BCUT2D eigenvalue weighted by atomic mass is 19.1. The van der Waals surface area contributed by atoms with Gasteiger partial charge in [0.1, 0.15) is 5.82 Å². The number of nitrogens with zero attached hydrogens (tertiary/aromatic N) is 1. The highest BCUT2D eigenvalue weighted by Gasteiger charge is 2.17. The fourth-order valence-electron chi connectivity index (χ4n) is 2.67. The monoisotopic (exact) mass is 293 g/mol. The third-order valence-corrected chi connectivity index (χ3v) is 4.32. The summed E-state index contributed by atoms with van der Waals surface area (Å²) in [4.78, 5) is 14.3. The standard InChI is InChI=1S/C16H24FN3O/c1-11-14(17)9-13(10-15(11)18)16(21)19-6-3-12-4-7-20(2)8-5-12/h9-10,12H,3-8,18H2,1-2H3,(H,19,21). The van der Waals surface area contributed by atoms with Crippen molar-refractivity contribution in [2.24, 2.45) is 5.92 Å². The molecule has 0 bridgehead atoms. The minimum absolute atomic E-state index is 0.256. The summed E-state index contributed by atoms with van der Waals surface area (Å²) in [6, 6.07) is 2.78. The van der Waals surface area contributed by atoms with Crippen molar-refractivity contribution in [3.05, 3.63) is 29.1 Å². The van der Waals surface area contributed by atoms with E-state index in [1.54, 1.807) is 6.92 Å². The number of piperidine rings is 1. The summed E-state index contributed by atoms with van der Waals surface area (Å²) in [7, 11) is 2.13. The van der Waals surface area contributed by atoms with Crippen LogP contribution in [-0.4, -0.2) is 37.5 Å². The Balaban J connectivity index is 1.82. The van der Waals surface area contributed by atoms with E-state index >= 15 is 0 Å². The third-order valence-electron chi connectivity index (χ3n) is 4.32. The maximum Gasteiger partial charge on any atom is 0.251 e. The fraction of sp³-hybridized carbons (Fsp3) is 0.562. The maximum atomic E-state index is 13.6. The maximum absolute atomic E-state index is 13.6. The molecule has 0 saturated carbocycles. The normalized spacial score (nSPS) is 16.9. The second-order valence-electron chi connectivity index (χ2n) is 5.96. The lowest BCUT2D eigenvalue weighted by molar-refractivity contribution is 0.0948. The van der Waals surface area contributed by atoms with Gasteiger partial charge in [0.15, 0.2) is 0 Å². The second kappa shape index (κ2) is 6.89. The number of nitrogens with two attached hydrogens (primary N) is 1. The molecule has 1 amide bonds. The quantitative estimate of drug-likeness (QED) is 0.837. The van der Waals surface area contributed by atoms with E-state index < -0.39 is 5.82 Å². The van der Waals surface area contributed by atoms with Gasteiger partial charge in [0.05, 0.1) is 0 Å². The topological polar surface area (TPSA) is 58.4 Å². The SMILES string of the molecule is Cc1c(N)cc(C(=O)NCCC2CCN(C)CC2)cc1F. The highest BCUT2D eigenvalue weighted by Crippen LogP contribution is 2.19. The van der Waals surface area contributed by atoms with Crippen LogP contribution in [0.3, 0.4) is 0 Å². The smallest absolute Gasteiger partial charge is 0.251 e. The van der Waals surface area contributed by atoms with Crippen LogP contribution in [-0.2, 0) is 0 Å². The van der Waals surface area contributed by atoms with Gasteiger partial charge in [-0.2, -0.15) is 0 Å². The Morgan fingerprint density at radius 3 is 2.71 bits per heavy atom. The Bertz CT molecular complexity index is 487. The summed E-state index contributed by atoms with van der Waals surface area (Å²) >= 11 is 0. The van der Waals surface area contributed by atoms with Crippen LogP contribution in [0.15, 0.2) is 12.1 Å². The fourth-order valence-corrected chi connectivity index (χ4v) is 2.67. The summed E-state index contributed by atoms with van der Waals surface area (Å²) in [5.74, 6) is -0.0229. The van der Waals surface area contributed by atoms with Crippen LogP contribution >= 0.6 is 0 Å². The summed E-state index contributed by atoms with van der Waals surface area (Å²) in [6.45, 7) is 4.48. The average Bonchev–Trinajstić information content (AvgIpc) is 2.46. The van der Waals surface area contributed by atoms with Crippen molar-refractivity contribution >= 4 is 11.6 Å². The summed E-state index contributed by atoms with van der Waals surface area (Å²) in [6.07, 6.45) is 3.33. The van der Waals surface area contributed by atoms with E-state index in [2.05, 4.69) is 17.3 Å². The number of halogens is 1. The molecule has 2 rings (SSSR count). The van der Waals surface area contributed by atoms with E-state index in [0.29, 0.717) is 29.3 Å². The van der Waals surface area contributed by atoms with Crippen LogP contribution in [0.25, 0.3) is 0 Å². The summed E-state index contributed by atoms with van der Waals surface area (Å²) in [5.41, 5.74) is 6.69. The van der Waals surface area contributed by atoms with E-state index in [-0.39, 0.29) is 5.91 Å². The van der Waals surface area contributed by atoms with Crippen molar-refractivity contribution in [2.45, 2.75) is 26.2 Å². The third kappa shape index (κ3) is 4.17. The van der Waals surface area contributed by atoms with Gasteiger partial charge in [0.2, 0.25) is 0 Å². The van der Waals surface area contributed by atoms with Crippen molar-refractivity contribution in [1.29, 1.82) is 0 Å². The van der Waals surface area contributed by atoms with Crippen molar-refractivity contribution < 1.29 is 9.18 Å². The van der Waals surface area contributed by atoms with Gasteiger partial charge in [0.25, 0.3) is 5.91 Å². The van der Waals surface area contributed by atoms with Gasteiger partial charge >= 0.3 is 0 Å². The number of hydrogen-bond donors (Lipinski definition) is 2. The molecule has 5 heteroatoms. The molecule has 0 spiro atoms. The van der Waals surface area contributed by atoms with Crippen LogP contribution < -0.4 is 11.1 Å². The number of nitrogens with one attached hydrogen (secondary N) is 1. The molecule has 1 fully saturated rings. The number of carbonyl (C=O) groups excluding carboxylic acids is 1. The number of amides is 1. The first-order valence-electron chi connectivity index (χ1n) is 7.49. The minimum atomic E-state index is -0.435. The number of rotatable bonds is 4.